The number of rotatable bonds is 21. The largest absolute Gasteiger partial charge is 0.444 e. The van der Waals surface area contributed by atoms with Gasteiger partial charge in [0, 0.05) is 84.3 Å². The lowest BCUT2D eigenvalue weighted by Gasteiger charge is -2.25. The predicted octanol–water partition coefficient (Wildman–Crippen LogP) is 16.4. The van der Waals surface area contributed by atoms with E-state index in [1.165, 1.54) is 124 Å². The summed E-state index contributed by atoms with van der Waals surface area (Å²) in [7, 11) is 7.78. The number of aromatic nitrogens is 6. The Morgan fingerprint density at radius 2 is 0.839 bits per heavy atom. The molecule has 87 heavy (non-hydrogen) atoms. The van der Waals surface area contributed by atoms with E-state index in [-0.39, 0.29) is 25.4 Å². The summed E-state index contributed by atoms with van der Waals surface area (Å²) in [6, 6.07) is 37.0. The number of amides is 2. The van der Waals surface area contributed by atoms with E-state index in [2.05, 4.69) is 107 Å². The molecule has 0 bridgehead atoms. The predicted molar refractivity (Wildman–Crippen MR) is 354 cm³/mol. The molecule has 476 valence electrons. The Labute approximate surface area is 523 Å². The number of anilines is 2. The highest BCUT2D eigenvalue weighted by Gasteiger charge is 2.26. The van der Waals surface area contributed by atoms with Crippen molar-refractivity contribution in [3.63, 3.8) is 0 Å². The van der Waals surface area contributed by atoms with Gasteiger partial charge in [-0.25, -0.2) is 19.0 Å². The number of Topliss-reactive ketones (excluding diaryl/α,β-unsaturated/α-hetero) is 1. The SMILES string of the molecule is C.CCCc1cc(N(C)Cc2ccccc2)n(CC2CCCCC2)n1.CN(Cc1cc(CC(=O)c2ccccc2)n(CC2CCCCC2)n1)C(=O)OC(C)(C)C.CN(Cc1cc(N(C)Cc2ccccc2)n(CC2CCCCC2)n1)C(=O)OC(C)(C)C. The van der Waals surface area contributed by atoms with Crippen LogP contribution in [-0.2, 0) is 68.1 Å². The van der Waals surface area contributed by atoms with Gasteiger partial charge in [0.05, 0.1) is 36.6 Å². The summed E-state index contributed by atoms with van der Waals surface area (Å²) < 4.78 is 17.4. The Balaban J connectivity index is 0.000000209. The van der Waals surface area contributed by atoms with E-state index in [9.17, 15) is 14.4 Å². The van der Waals surface area contributed by atoms with Crippen molar-refractivity contribution in [3.8, 4) is 0 Å². The van der Waals surface area contributed by atoms with Crippen LogP contribution in [0.15, 0.2) is 109 Å². The molecule has 0 saturated heterocycles. The third kappa shape index (κ3) is 23.3. The molecule has 3 heterocycles. The number of hydrogen-bond donors (Lipinski definition) is 0. The fraction of sp³-hybridized carbons (Fsp3) is 0.583. The van der Waals surface area contributed by atoms with Crippen LogP contribution in [0.3, 0.4) is 0 Å². The molecule has 3 aliphatic carbocycles. The monoisotopic (exact) mass is 1190 g/mol. The molecule has 0 radical (unpaired) electrons. The van der Waals surface area contributed by atoms with Gasteiger partial charge in [-0.1, -0.05) is 170 Å². The van der Waals surface area contributed by atoms with E-state index in [4.69, 9.17) is 24.8 Å². The first-order valence-electron chi connectivity index (χ1n) is 32.3. The summed E-state index contributed by atoms with van der Waals surface area (Å²) in [6.45, 7) is 18.8. The van der Waals surface area contributed by atoms with Gasteiger partial charge in [-0.05, 0) is 121 Å². The molecule has 0 N–H and O–H groups in total. The number of ketones is 1. The number of hydrogen-bond acceptors (Lipinski definition) is 10. The van der Waals surface area contributed by atoms with E-state index in [1.807, 2.05) is 88.7 Å². The van der Waals surface area contributed by atoms with E-state index >= 15 is 0 Å². The number of carbonyl (C=O) groups is 3. The van der Waals surface area contributed by atoms with E-state index in [0.717, 1.165) is 74.4 Å². The third-order valence-electron chi connectivity index (χ3n) is 16.5. The maximum Gasteiger partial charge on any atom is 0.410 e. The fourth-order valence-corrected chi connectivity index (χ4v) is 12.1. The average Bonchev–Trinajstić information content (AvgIpc) is 2.15. The van der Waals surface area contributed by atoms with Crippen molar-refractivity contribution in [2.24, 2.45) is 17.8 Å². The smallest absolute Gasteiger partial charge is 0.410 e. The van der Waals surface area contributed by atoms with E-state index in [1.54, 1.807) is 19.0 Å². The molecule has 9 rings (SSSR count). The molecule has 3 saturated carbocycles. The molecule has 3 aromatic carbocycles. The van der Waals surface area contributed by atoms with Gasteiger partial charge in [-0.2, -0.15) is 15.3 Å². The van der Waals surface area contributed by atoms with Crippen LogP contribution in [0.4, 0.5) is 21.2 Å². The summed E-state index contributed by atoms with van der Waals surface area (Å²) in [4.78, 5) is 45.3. The van der Waals surface area contributed by atoms with Gasteiger partial charge in [0.2, 0.25) is 0 Å². The summed E-state index contributed by atoms with van der Waals surface area (Å²) >= 11 is 0. The Morgan fingerprint density at radius 1 is 0.483 bits per heavy atom. The van der Waals surface area contributed by atoms with Crippen molar-refractivity contribution in [2.75, 3.05) is 38.0 Å². The molecule has 15 heteroatoms. The third-order valence-corrected chi connectivity index (χ3v) is 16.5. The van der Waals surface area contributed by atoms with Crippen LogP contribution in [0.1, 0.15) is 203 Å². The summed E-state index contributed by atoms with van der Waals surface area (Å²) in [5.41, 5.74) is 6.09. The van der Waals surface area contributed by atoms with Crippen molar-refractivity contribution in [3.05, 3.63) is 149 Å². The zero-order valence-corrected chi connectivity index (χ0v) is 54.3. The minimum atomic E-state index is -0.543. The summed E-state index contributed by atoms with van der Waals surface area (Å²) in [6.07, 6.45) is 21.5. The summed E-state index contributed by atoms with van der Waals surface area (Å²) in [5, 5.41) is 14.6. The molecule has 15 nitrogen and oxygen atoms in total. The quantitative estimate of drug-likeness (QED) is 0.0641. The van der Waals surface area contributed by atoms with Gasteiger partial charge < -0.3 is 29.1 Å². The van der Waals surface area contributed by atoms with Gasteiger partial charge in [0.15, 0.2) is 5.78 Å². The summed E-state index contributed by atoms with van der Waals surface area (Å²) in [5.74, 6) is 4.52. The number of carbonyl (C=O) groups excluding carboxylic acids is 3. The Hall–Kier alpha value is -6.90. The topological polar surface area (TPSA) is 136 Å². The number of nitrogens with zero attached hydrogens (tertiary/aromatic N) is 10. The molecule has 0 aliphatic heterocycles. The molecule has 6 aromatic rings. The normalized spacial score (nSPS) is 15.0. The van der Waals surface area contributed by atoms with Crippen LogP contribution in [0.25, 0.3) is 0 Å². The zero-order chi connectivity index (χ0) is 61.6. The minimum Gasteiger partial charge on any atom is -0.444 e. The van der Waals surface area contributed by atoms with Crippen molar-refractivity contribution in [1.29, 1.82) is 0 Å². The Morgan fingerprint density at radius 3 is 1.24 bits per heavy atom. The number of benzene rings is 3. The minimum absolute atomic E-state index is 0. The molecule has 0 atom stereocenters. The molecule has 3 aliphatic rings. The Kier molecular flexibility index (Phi) is 27.1. The number of ether oxygens (including phenoxy) is 2. The van der Waals surface area contributed by atoms with Crippen LogP contribution < -0.4 is 9.80 Å². The van der Waals surface area contributed by atoms with Crippen LogP contribution in [0.5, 0.6) is 0 Å². The average molecular weight is 1190 g/mol. The second-order valence-corrected chi connectivity index (χ2v) is 26.7. The van der Waals surface area contributed by atoms with Gasteiger partial charge in [-0.3, -0.25) is 9.48 Å². The van der Waals surface area contributed by atoms with Crippen molar-refractivity contribution in [2.45, 2.75) is 228 Å². The van der Waals surface area contributed by atoms with Crippen molar-refractivity contribution < 1.29 is 23.9 Å². The van der Waals surface area contributed by atoms with Crippen LogP contribution in [0.2, 0.25) is 0 Å². The molecule has 0 unspecified atom stereocenters. The van der Waals surface area contributed by atoms with Crippen molar-refractivity contribution in [1.82, 2.24) is 39.1 Å². The van der Waals surface area contributed by atoms with E-state index < -0.39 is 11.2 Å². The van der Waals surface area contributed by atoms with Crippen LogP contribution >= 0.6 is 0 Å². The highest BCUT2D eigenvalue weighted by Crippen LogP contribution is 2.31. The second kappa shape index (κ2) is 34.0. The second-order valence-electron chi connectivity index (χ2n) is 26.7. The Bertz CT molecular complexity index is 2960. The molecule has 3 fully saturated rings. The van der Waals surface area contributed by atoms with Gasteiger partial charge in [0.25, 0.3) is 0 Å². The zero-order valence-electron chi connectivity index (χ0n) is 54.3. The fourth-order valence-electron chi connectivity index (χ4n) is 12.1. The molecule has 2 amide bonds. The highest BCUT2D eigenvalue weighted by atomic mass is 16.6. The molecular formula is C72H108N10O5. The van der Waals surface area contributed by atoms with Crippen molar-refractivity contribution >= 4 is 29.6 Å². The standard InChI is InChI=1S/C25H38N4O2.C25H35N3O3.C21H31N3.CH4/c1-25(2,3)31-24(30)28(5)19-22-16-23(27(4)17-20-12-8-6-9-13-20)29(26-22)18-21-14-10-7-11-15-21;1-25(2,3)31-24(30)27(4)18-21-15-22(16-23(29)20-13-9-6-10-14-20)28(26-21)17-19-11-7-5-8-12-19;1-3-10-20-15-21(23(2)16-18-11-6-4-7-12-18)24(22-20)17-19-13-8-5-9-14-19;/h6,8-9,12-13,16,21H,7,10-11,14-15,17-19H2,1-5H3;6,9-10,13-15,19H,5,7-8,11-12,16-18H2,1-4H3;4,6-7,11-12,15,19H,3,5,8-10,13-14,16-17H2,1-2H3;1H4. The maximum absolute atomic E-state index is 12.8. The molecule has 0 spiro atoms. The first-order valence-corrected chi connectivity index (χ1v) is 32.3. The molecule has 3 aromatic heterocycles. The van der Waals surface area contributed by atoms with Gasteiger partial charge in [-0.15, -0.1) is 0 Å². The van der Waals surface area contributed by atoms with E-state index in [0.29, 0.717) is 36.9 Å². The van der Waals surface area contributed by atoms with Crippen LogP contribution in [0, 0.1) is 17.8 Å². The first kappa shape index (κ1) is 69.2. The lowest BCUT2D eigenvalue weighted by Crippen LogP contribution is -2.33. The maximum atomic E-state index is 12.8. The molecular weight excluding hydrogens is 1080 g/mol. The van der Waals surface area contributed by atoms with Gasteiger partial charge >= 0.3 is 12.2 Å². The lowest BCUT2D eigenvalue weighted by molar-refractivity contribution is 0.0273. The number of aryl methyl sites for hydroxylation is 1. The first-order chi connectivity index (χ1) is 41.2. The van der Waals surface area contributed by atoms with Gasteiger partial charge in [0.1, 0.15) is 22.8 Å². The van der Waals surface area contributed by atoms with Crippen LogP contribution in [-0.4, -0.2) is 96.5 Å². The lowest BCUT2D eigenvalue weighted by atomic mass is 9.89. The highest BCUT2D eigenvalue weighted by molar-refractivity contribution is 5.97.